The fraction of sp³-hybridized carbons (Fsp3) is 0.150. The molecule has 0 N–H and O–H groups in total. The number of carbonyl (C=O) groups excluding carboxylic acids is 1. The minimum absolute atomic E-state index is 0.0259. The van der Waals surface area contributed by atoms with Crippen LogP contribution in [-0.2, 0) is 6.42 Å². The third kappa shape index (κ3) is 2.96. The Morgan fingerprint density at radius 3 is 2.88 bits per heavy atom. The summed E-state index contributed by atoms with van der Waals surface area (Å²) in [4.78, 5) is 23.0. The van der Waals surface area contributed by atoms with Crippen LogP contribution in [0.5, 0.6) is 11.6 Å². The summed E-state index contributed by atoms with van der Waals surface area (Å²) in [5.74, 6) is 0.931. The number of fused-ring (bicyclic) bond motifs is 1. The largest absolute Gasteiger partial charge is 0.437 e. The van der Waals surface area contributed by atoms with Gasteiger partial charge in [-0.25, -0.2) is 4.98 Å². The van der Waals surface area contributed by atoms with Crippen molar-refractivity contribution < 1.29 is 9.53 Å². The quantitative estimate of drug-likeness (QED) is 0.731. The Morgan fingerprint density at radius 1 is 1.16 bits per heavy atom. The Kier molecular flexibility index (Phi) is 3.90. The van der Waals surface area contributed by atoms with Crippen molar-refractivity contribution in [3.8, 4) is 11.6 Å². The van der Waals surface area contributed by atoms with Crippen LogP contribution in [0.15, 0.2) is 67.1 Å². The number of carbonyl (C=O) groups is 1. The van der Waals surface area contributed by atoms with E-state index >= 15 is 0 Å². The molecular formula is C20H17N3O2. The van der Waals surface area contributed by atoms with Gasteiger partial charge in [0.1, 0.15) is 5.75 Å². The Balaban J connectivity index is 1.62. The van der Waals surface area contributed by atoms with E-state index in [1.165, 1.54) is 11.8 Å². The van der Waals surface area contributed by atoms with Crippen LogP contribution in [0.4, 0.5) is 5.69 Å². The van der Waals surface area contributed by atoms with Crippen molar-refractivity contribution in [2.75, 3.05) is 4.90 Å². The minimum atomic E-state index is -0.0259. The zero-order chi connectivity index (χ0) is 17.2. The molecule has 1 unspecified atom stereocenters. The molecule has 4 rings (SSSR count). The zero-order valence-electron chi connectivity index (χ0n) is 13.8. The second-order valence-corrected chi connectivity index (χ2v) is 6.03. The minimum Gasteiger partial charge on any atom is -0.437 e. The van der Waals surface area contributed by atoms with Crippen molar-refractivity contribution in [2.45, 2.75) is 19.4 Å². The summed E-state index contributed by atoms with van der Waals surface area (Å²) in [5.41, 5.74) is 2.78. The molecule has 5 nitrogen and oxygen atoms in total. The lowest BCUT2D eigenvalue weighted by atomic mass is 10.1. The van der Waals surface area contributed by atoms with E-state index in [1.807, 2.05) is 29.2 Å². The molecule has 1 atom stereocenters. The number of nitrogens with zero attached hydrogens (tertiary/aromatic N) is 3. The lowest BCUT2D eigenvalue weighted by molar-refractivity contribution is 0.0981. The van der Waals surface area contributed by atoms with Crippen LogP contribution >= 0.6 is 0 Å². The molecule has 0 bridgehead atoms. The molecule has 124 valence electrons. The normalized spacial score (nSPS) is 15.7. The maximum absolute atomic E-state index is 13.1. The molecule has 1 amide bonds. The maximum Gasteiger partial charge on any atom is 0.258 e. The highest BCUT2D eigenvalue weighted by Crippen LogP contribution is 2.33. The number of amides is 1. The third-order valence-electron chi connectivity index (χ3n) is 4.27. The van der Waals surface area contributed by atoms with Crippen LogP contribution in [0.3, 0.4) is 0 Å². The second-order valence-electron chi connectivity index (χ2n) is 6.03. The van der Waals surface area contributed by atoms with E-state index in [0.717, 1.165) is 12.1 Å². The molecule has 2 heterocycles. The van der Waals surface area contributed by atoms with Gasteiger partial charge in [0.05, 0.1) is 6.20 Å². The number of hydrogen-bond acceptors (Lipinski definition) is 4. The first-order valence-corrected chi connectivity index (χ1v) is 8.18. The lowest BCUT2D eigenvalue weighted by Gasteiger charge is -2.23. The fourth-order valence-electron chi connectivity index (χ4n) is 3.17. The molecule has 0 aliphatic carbocycles. The van der Waals surface area contributed by atoms with E-state index in [4.69, 9.17) is 4.74 Å². The van der Waals surface area contributed by atoms with E-state index in [2.05, 4.69) is 23.0 Å². The molecule has 0 radical (unpaired) electrons. The Hall–Kier alpha value is -3.21. The fourth-order valence-corrected chi connectivity index (χ4v) is 3.17. The average molecular weight is 331 g/mol. The van der Waals surface area contributed by atoms with Crippen LogP contribution < -0.4 is 9.64 Å². The van der Waals surface area contributed by atoms with Gasteiger partial charge in [0.15, 0.2) is 0 Å². The highest BCUT2D eigenvalue weighted by atomic mass is 16.5. The van der Waals surface area contributed by atoms with E-state index in [9.17, 15) is 4.79 Å². The van der Waals surface area contributed by atoms with Gasteiger partial charge in [-0.2, -0.15) is 0 Å². The van der Waals surface area contributed by atoms with Gasteiger partial charge in [0.2, 0.25) is 5.88 Å². The molecule has 3 aromatic rings. The number of benzene rings is 2. The van der Waals surface area contributed by atoms with Gasteiger partial charge in [-0.1, -0.05) is 24.3 Å². The van der Waals surface area contributed by atoms with E-state index in [0.29, 0.717) is 17.2 Å². The molecule has 0 saturated carbocycles. The number of anilines is 1. The van der Waals surface area contributed by atoms with Gasteiger partial charge in [0.25, 0.3) is 5.91 Å². The van der Waals surface area contributed by atoms with Gasteiger partial charge >= 0.3 is 0 Å². The second kappa shape index (κ2) is 6.36. The summed E-state index contributed by atoms with van der Waals surface area (Å²) in [5, 5.41) is 0. The first-order chi connectivity index (χ1) is 12.2. The van der Waals surface area contributed by atoms with Crippen molar-refractivity contribution in [2.24, 2.45) is 0 Å². The summed E-state index contributed by atoms with van der Waals surface area (Å²) >= 11 is 0. The first-order valence-electron chi connectivity index (χ1n) is 8.18. The molecule has 0 saturated heterocycles. The molecule has 1 aromatic heterocycles. The van der Waals surface area contributed by atoms with Crippen LogP contribution in [0, 0.1) is 0 Å². The monoisotopic (exact) mass is 331 g/mol. The van der Waals surface area contributed by atoms with Gasteiger partial charge in [-0.05, 0) is 43.2 Å². The molecule has 0 fully saturated rings. The Labute approximate surface area is 145 Å². The van der Waals surface area contributed by atoms with Gasteiger partial charge < -0.3 is 9.64 Å². The van der Waals surface area contributed by atoms with Crippen molar-refractivity contribution in [1.29, 1.82) is 0 Å². The van der Waals surface area contributed by atoms with Crippen molar-refractivity contribution >= 4 is 11.6 Å². The topological polar surface area (TPSA) is 55.3 Å². The summed E-state index contributed by atoms with van der Waals surface area (Å²) in [6.45, 7) is 2.07. The van der Waals surface area contributed by atoms with E-state index in [1.54, 1.807) is 30.6 Å². The summed E-state index contributed by atoms with van der Waals surface area (Å²) < 4.78 is 5.68. The number of rotatable bonds is 3. The molecular weight excluding hydrogens is 314 g/mol. The first kappa shape index (κ1) is 15.3. The van der Waals surface area contributed by atoms with Crippen LogP contribution in [-0.4, -0.2) is 21.9 Å². The molecule has 1 aliphatic rings. The van der Waals surface area contributed by atoms with Crippen LogP contribution in [0.25, 0.3) is 0 Å². The third-order valence-corrected chi connectivity index (χ3v) is 4.27. The summed E-state index contributed by atoms with van der Waals surface area (Å²) in [6.07, 6.45) is 5.55. The van der Waals surface area contributed by atoms with E-state index in [-0.39, 0.29) is 11.9 Å². The van der Waals surface area contributed by atoms with E-state index < -0.39 is 0 Å². The molecule has 25 heavy (non-hydrogen) atoms. The van der Waals surface area contributed by atoms with Gasteiger partial charge in [-0.3, -0.25) is 9.78 Å². The predicted octanol–water partition coefficient (Wildman–Crippen LogP) is 3.86. The standard InChI is InChI=1S/C20H17N3O2/c1-14-11-15-5-2-3-8-18(15)23(14)20(24)16-6-4-7-17(12-16)25-19-13-21-9-10-22-19/h2-10,12-14H,11H2,1H3. The number of para-hydroxylation sites is 1. The molecule has 1 aliphatic heterocycles. The van der Waals surface area contributed by atoms with Crippen molar-refractivity contribution in [3.05, 3.63) is 78.2 Å². The van der Waals surface area contributed by atoms with Gasteiger partial charge in [-0.15, -0.1) is 0 Å². The smallest absolute Gasteiger partial charge is 0.258 e. The maximum atomic E-state index is 13.1. The number of aromatic nitrogens is 2. The van der Waals surface area contributed by atoms with Crippen molar-refractivity contribution in [1.82, 2.24) is 9.97 Å². The lowest BCUT2D eigenvalue weighted by Crippen LogP contribution is -2.35. The Morgan fingerprint density at radius 2 is 2.04 bits per heavy atom. The summed E-state index contributed by atoms with van der Waals surface area (Å²) in [6, 6.07) is 15.3. The van der Waals surface area contributed by atoms with Crippen molar-refractivity contribution in [3.63, 3.8) is 0 Å². The average Bonchev–Trinajstić information content (AvgIpc) is 2.98. The number of hydrogen-bond donors (Lipinski definition) is 0. The molecule has 0 spiro atoms. The van der Waals surface area contributed by atoms with Crippen LogP contribution in [0.2, 0.25) is 0 Å². The van der Waals surface area contributed by atoms with Gasteiger partial charge in [0, 0.05) is 29.7 Å². The predicted molar refractivity (Wildman–Crippen MR) is 95.0 cm³/mol. The number of ether oxygens (including phenoxy) is 1. The highest BCUT2D eigenvalue weighted by Gasteiger charge is 2.31. The van der Waals surface area contributed by atoms with Crippen LogP contribution in [0.1, 0.15) is 22.8 Å². The Bertz CT molecular complexity index is 912. The zero-order valence-corrected chi connectivity index (χ0v) is 13.8. The molecule has 2 aromatic carbocycles. The summed E-state index contributed by atoms with van der Waals surface area (Å²) in [7, 11) is 0. The SMILES string of the molecule is CC1Cc2ccccc2N1C(=O)c1cccc(Oc2cnccn2)c1. The highest BCUT2D eigenvalue weighted by molar-refractivity contribution is 6.08. The molecule has 5 heteroatoms.